The molecule has 0 aliphatic carbocycles. The van der Waals surface area contributed by atoms with E-state index in [2.05, 4.69) is 44.5 Å². The molecule has 2 N–H and O–H groups in total. The first-order chi connectivity index (χ1) is 28.7. The summed E-state index contributed by atoms with van der Waals surface area (Å²) in [4.78, 5) is 59.3. The van der Waals surface area contributed by atoms with Crippen LogP contribution in [0.2, 0.25) is 13.1 Å². The lowest BCUT2D eigenvalue weighted by molar-refractivity contribution is -0.140. The highest BCUT2D eigenvalue weighted by Gasteiger charge is 2.43. The number of hydrogen-bond acceptors (Lipinski definition) is 7. The van der Waals surface area contributed by atoms with Gasteiger partial charge in [0, 0.05) is 32.1 Å². The SMILES string of the molecule is CC(C)[C@H](NC(=O)[C@H](Cc1ccccc1)C[C@H]([C@@H](NC(=O)OC(C)(C)C)C(O[SiH](C)C)c1ccccc1)C(C)(C)C)C(=O)N1CCC(N(C)C(=O)OCc2ccccc2)CC1. The molecule has 1 heterocycles. The minimum atomic E-state index is -1.68. The third kappa shape index (κ3) is 15.3. The molecule has 3 aromatic rings. The first-order valence-electron chi connectivity index (χ1n) is 22.0. The van der Waals surface area contributed by atoms with E-state index in [4.69, 9.17) is 13.9 Å². The van der Waals surface area contributed by atoms with Crippen LogP contribution in [0.25, 0.3) is 0 Å². The average Bonchev–Trinajstić information content (AvgIpc) is 3.21. The number of carbonyl (C=O) groups excluding carboxylic acids is 4. The average molecular weight is 857 g/mol. The third-order valence-electron chi connectivity index (χ3n) is 11.4. The van der Waals surface area contributed by atoms with Crippen LogP contribution in [-0.2, 0) is 36.5 Å². The largest absolute Gasteiger partial charge is 0.445 e. The molecule has 0 radical (unpaired) electrons. The Bertz CT molecular complexity index is 1820. The van der Waals surface area contributed by atoms with Crippen LogP contribution in [0.4, 0.5) is 9.59 Å². The van der Waals surface area contributed by atoms with Crippen LogP contribution in [0, 0.1) is 23.2 Å². The van der Waals surface area contributed by atoms with E-state index in [1.54, 1.807) is 11.9 Å². The number of carbonyl (C=O) groups is 4. The molecule has 334 valence electrons. The molecule has 1 fully saturated rings. The molecule has 0 saturated carbocycles. The van der Waals surface area contributed by atoms with Gasteiger partial charge in [-0.15, -0.1) is 0 Å². The summed E-state index contributed by atoms with van der Waals surface area (Å²) in [5.74, 6) is -1.37. The number of nitrogens with one attached hydrogen (secondary N) is 2. The zero-order valence-electron chi connectivity index (χ0n) is 38.5. The predicted octanol–water partition coefficient (Wildman–Crippen LogP) is 8.93. The molecule has 11 nitrogen and oxygen atoms in total. The minimum absolute atomic E-state index is 0.0757. The van der Waals surface area contributed by atoms with Crippen molar-refractivity contribution in [1.29, 1.82) is 0 Å². The molecule has 0 spiro atoms. The summed E-state index contributed by atoms with van der Waals surface area (Å²) in [5, 5.41) is 6.48. The Morgan fingerprint density at radius 3 is 1.85 bits per heavy atom. The summed E-state index contributed by atoms with van der Waals surface area (Å²) in [7, 11) is 0.0713. The lowest BCUT2D eigenvalue weighted by Crippen LogP contribution is -2.56. The topological polar surface area (TPSA) is 127 Å². The van der Waals surface area contributed by atoms with Crippen LogP contribution in [0.15, 0.2) is 91.0 Å². The summed E-state index contributed by atoms with van der Waals surface area (Å²) >= 11 is 0. The van der Waals surface area contributed by atoms with Crippen LogP contribution in [0.3, 0.4) is 0 Å². The maximum absolute atomic E-state index is 14.9. The Morgan fingerprint density at radius 1 is 0.803 bits per heavy atom. The van der Waals surface area contributed by atoms with Crippen LogP contribution < -0.4 is 10.6 Å². The Labute approximate surface area is 367 Å². The smallest absolute Gasteiger partial charge is 0.410 e. The Morgan fingerprint density at radius 2 is 1.34 bits per heavy atom. The van der Waals surface area contributed by atoms with E-state index in [0.717, 1.165) is 16.7 Å². The molecule has 0 bridgehead atoms. The Kier molecular flexibility index (Phi) is 18.0. The van der Waals surface area contributed by atoms with Crippen molar-refractivity contribution in [2.45, 2.75) is 131 Å². The zero-order chi connectivity index (χ0) is 44.9. The normalized spacial score (nSPS) is 16.2. The summed E-state index contributed by atoms with van der Waals surface area (Å²) < 4.78 is 18.2. The standard InChI is InChI=1S/C49H72N4O7Si/c1-34(2)41(45(55)53-29-27-39(28-30-53)52(9)47(57)58-33-36-23-17-13-18-24-36)50-44(54)38(31-35-21-15-12-16-22-35)32-40(48(3,4)5)42(51-46(56)59-49(6,7)8)43(60-61(10)11)37-25-19-14-20-26-37/h12-26,34,38-43,61H,27-33H2,1-11H3,(H,50,54)(H,51,56)/t38-,40-,41+,42-,43?/m1/s1. The van der Waals surface area contributed by atoms with Gasteiger partial charge in [-0.25, -0.2) is 9.59 Å². The molecular formula is C49H72N4O7Si. The highest BCUT2D eigenvalue weighted by Crippen LogP contribution is 2.41. The molecule has 3 aromatic carbocycles. The molecule has 61 heavy (non-hydrogen) atoms. The molecule has 1 saturated heterocycles. The van der Waals surface area contributed by atoms with Gasteiger partial charge in [0.25, 0.3) is 0 Å². The van der Waals surface area contributed by atoms with Crippen LogP contribution in [0.1, 0.15) is 97.4 Å². The van der Waals surface area contributed by atoms with E-state index in [1.165, 1.54) is 0 Å². The highest BCUT2D eigenvalue weighted by atomic mass is 28.3. The van der Waals surface area contributed by atoms with Crippen LogP contribution in [0.5, 0.6) is 0 Å². The molecule has 1 aliphatic rings. The summed E-state index contributed by atoms with van der Waals surface area (Å²) in [6.07, 6.45) is 0.593. The van der Waals surface area contributed by atoms with E-state index in [9.17, 15) is 19.2 Å². The van der Waals surface area contributed by atoms with Gasteiger partial charge in [0.1, 0.15) is 18.2 Å². The number of likely N-dealkylation sites (tertiary alicyclic amines) is 1. The van der Waals surface area contributed by atoms with Crippen molar-refractivity contribution in [3.63, 3.8) is 0 Å². The fourth-order valence-corrected chi connectivity index (χ4v) is 9.00. The maximum Gasteiger partial charge on any atom is 0.410 e. The van der Waals surface area contributed by atoms with E-state index in [1.807, 2.05) is 131 Å². The van der Waals surface area contributed by atoms with Crippen molar-refractivity contribution in [2.24, 2.45) is 23.2 Å². The summed E-state index contributed by atoms with van der Waals surface area (Å²) in [5.41, 5.74) is 1.71. The van der Waals surface area contributed by atoms with Crippen molar-refractivity contribution >= 4 is 33.0 Å². The fourth-order valence-electron chi connectivity index (χ4n) is 8.09. The first-order valence-corrected chi connectivity index (χ1v) is 24.8. The quantitative estimate of drug-likeness (QED) is 0.130. The van der Waals surface area contributed by atoms with E-state index < -0.39 is 56.3 Å². The van der Waals surface area contributed by atoms with Gasteiger partial charge in [0.15, 0.2) is 9.04 Å². The second-order valence-electron chi connectivity index (χ2n) is 19.2. The minimum Gasteiger partial charge on any atom is -0.445 e. The number of nitrogens with zero attached hydrogens (tertiary/aromatic N) is 2. The molecular weight excluding hydrogens is 785 g/mol. The fraction of sp³-hybridized carbons (Fsp3) is 0.551. The van der Waals surface area contributed by atoms with E-state index >= 15 is 0 Å². The summed E-state index contributed by atoms with van der Waals surface area (Å²) in [6.45, 7) is 21.2. The van der Waals surface area contributed by atoms with Crippen molar-refractivity contribution in [2.75, 3.05) is 20.1 Å². The van der Waals surface area contributed by atoms with Gasteiger partial charge in [-0.2, -0.15) is 0 Å². The van der Waals surface area contributed by atoms with Gasteiger partial charge in [0.05, 0.1) is 12.1 Å². The predicted molar refractivity (Wildman–Crippen MR) is 244 cm³/mol. The van der Waals surface area contributed by atoms with E-state index in [0.29, 0.717) is 38.8 Å². The number of rotatable bonds is 17. The van der Waals surface area contributed by atoms with Gasteiger partial charge in [-0.3, -0.25) is 9.59 Å². The van der Waals surface area contributed by atoms with Gasteiger partial charge in [-0.1, -0.05) is 126 Å². The lowest BCUT2D eigenvalue weighted by Gasteiger charge is -2.43. The van der Waals surface area contributed by atoms with Crippen molar-refractivity contribution < 1.29 is 33.1 Å². The van der Waals surface area contributed by atoms with Gasteiger partial charge < -0.3 is 34.3 Å². The number of benzene rings is 3. The molecule has 0 aromatic heterocycles. The zero-order valence-corrected chi connectivity index (χ0v) is 39.6. The van der Waals surface area contributed by atoms with Gasteiger partial charge >= 0.3 is 12.2 Å². The van der Waals surface area contributed by atoms with Crippen molar-refractivity contribution in [3.8, 4) is 0 Å². The van der Waals surface area contributed by atoms with Crippen LogP contribution in [-0.4, -0.2) is 86.7 Å². The molecule has 4 rings (SSSR count). The Hall–Kier alpha value is -4.68. The number of hydrogen-bond donors (Lipinski definition) is 2. The number of ether oxygens (including phenoxy) is 2. The van der Waals surface area contributed by atoms with Crippen LogP contribution >= 0.6 is 0 Å². The lowest BCUT2D eigenvalue weighted by atomic mass is 9.69. The molecule has 5 atom stereocenters. The Balaban J connectivity index is 1.59. The second-order valence-corrected chi connectivity index (χ2v) is 21.6. The number of amides is 4. The number of piperidine rings is 1. The number of alkyl carbamates (subject to hydrolysis) is 1. The second kappa shape index (κ2) is 22.4. The van der Waals surface area contributed by atoms with Gasteiger partial charge in [0.2, 0.25) is 11.8 Å². The molecule has 1 unspecified atom stereocenters. The summed E-state index contributed by atoms with van der Waals surface area (Å²) in [6, 6.07) is 28.1. The van der Waals surface area contributed by atoms with Crippen molar-refractivity contribution in [1.82, 2.24) is 20.4 Å². The molecule has 12 heteroatoms. The monoisotopic (exact) mass is 857 g/mol. The molecule has 4 amide bonds. The van der Waals surface area contributed by atoms with Crippen molar-refractivity contribution in [3.05, 3.63) is 108 Å². The molecule has 1 aliphatic heterocycles. The third-order valence-corrected chi connectivity index (χ3v) is 12.2. The first kappa shape index (κ1) is 49.0. The maximum atomic E-state index is 14.9. The van der Waals surface area contributed by atoms with Gasteiger partial charge in [-0.05, 0) is 93.5 Å². The van der Waals surface area contributed by atoms with E-state index in [-0.39, 0.29) is 36.3 Å². The highest BCUT2D eigenvalue weighted by molar-refractivity contribution is 6.48.